The monoisotopic (exact) mass is 1780 g/mol. The highest BCUT2D eigenvalue weighted by molar-refractivity contribution is 8.00. The lowest BCUT2D eigenvalue weighted by Crippen LogP contribution is -2.58. The summed E-state index contributed by atoms with van der Waals surface area (Å²) in [6.45, 7) is 2.37. The van der Waals surface area contributed by atoms with Gasteiger partial charge in [-0.25, -0.2) is 0 Å². The van der Waals surface area contributed by atoms with E-state index in [9.17, 15) is 53.7 Å². The van der Waals surface area contributed by atoms with Crippen LogP contribution in [0.4, 0.5) is 0 Å². The first-order chi connectivity index (χ1) is 61.1. The number of rotatable bonds is 25. The van der Waals surface area contributed by atoms with Crippen LogP contribution in [0, 0.1) is 23.7 Å². The number of para-hydroxylation sites is 1. The number of thioether (sulfide) groups is 1. The number of ketones is 4. The van der Waals surface area contributed by atoms with Crippen LogP contribution in [0.2, 0.25) is 0 Å². The molecule has 1 aliphatic heterocycles. The van der Waals surface area contributed by atoms with Gasteiger partial charge in [-0.05, 0) is 88.9 Å². The predicted molar refractivity (Wildman–Crippen MR) is 479 cm³/mol. The Balaban J connectivity index is 1.20. The van der Waals surface area contributed by atoms with Crippen molar-refractivity contribution in [1.82, 2.24) is 56.1 Å². The Labute approximate surface area is 748 Å². The number of nitrogens with one attached hydrogen (secondary N) is 6. The van der Waals surface area contributed by atoms with Crippen molar-refractivity contribution < 1.29 is 96.8 Å². The molecule has 0 saturated carbocycles. The Morgan fingerprint density at radius 1 is 0.500 bits per heavy atom. The summed E-state index contributed by atoms with van der Waals surface area (Å²) >= 11 is 0.883. The number of nitrogens with zero attached hydrogens (tertiary/aromatic N) is 5. The Morgan fingerprint density at radius 3 is 1.59 bits per heavy atom. The number of nitrogens with two attached hydrogens (primary N) is 1. The molecule has 128 heavy (non-hydrogen) atoms. The van der Waals surface area contributed by atoms with E-state index in [4.69, 9.17) is 10.5 Å². The van der Waals surface area contributed by atoms with Crippen LogP contribution in [-0.4, -0.2) is 261 Å². The standard InChI is InChI=1S/C95H118N12O20S/c1-9-10-30-79-94(125)103(4)52-71(112)47-68(55-127-58-109)83(114)50-67(54-108)91(122)106(7)80(45-61-24-16-12-17-25-61)90(121)101-76(44-64-33-37-70(111)38-34-64)92(123)104(5)53-86(117)98-74(48-66-51-97-73-29-21-20-28-72(66)73)84(115)49-65(42-63-31-35-69(110)36-32-63)88(119)100-75(41-59(2)3)89(120)102-78(82(113)39-40-85(96)116)56-128-57-87(118)99-77(43-60-22-14-11-15-23-60)93(124)107(8)81(95(126)105(79)6)46-62-26-18-13-19-27-62/h11-29,31-38,51,58-59,65,67-68,74-81,97,108,110-111H,9-10,30,39-50,52-57H2,1-8H3,(H2,96,116)(H,98,117)(H,99,118)(H,100,119)(H,101,121)(H,102,120)/t65-,67+,68+,74+,75+,76+,77+,78+,79+,80+,81+/m1/s1. The number of phenols is 2. The van der Waals surface area contributed by atoms with Gasteiger partial charge in [0, 0.05) is 128 Å². The number of phenolic OH excluding ortho intramolecular Hbond substituents is 2. The number of amides is 11. The number of carbonyl (C=O) groups is 16. The molecular formula is C95H118N12O20S. The molecule has 1 aromatic heterocycles. The minimum absolute atomic E-state index is 0.0431. The highest BCUT2D eigenvalue weighted by Crippen LogP contribution is 2.27. The van der Waals surface area contributed by atoms with Gasteiger partial charge in [0.1, 0.15) is 60.1 Å². The van der Waals surface area contributed by atoms with Gasteiger partial charge in [0.2, 0.25) is 65.0 Å². The minimum Gasteiger partial charge on any atom is -0.508 e. The SMILES string of the molecule is CCCC[C@H]1C(=O)N(C)CC(=O)C[C@@H](COC=O)C(=O)C[C@@H](CO)C(=O)N(C)[C@@H](Cc2ccccc2)C(=O)N[C@@H](Cc2ccc(O)cc2)C(=O)N(C)CC(=O)N[C@@H](Cc2c[nH]c3ccccc23)C(=O)C[C@@H](Cc2ccc(O)cc2)C(=O)N[C@@H](CC(C)C)C(=O)N[C@H](C(=O)CCC(N)=O)CSCC(=O)N[C@@H](Cc2ccccc2)C(=O)N(C)[C@@H](Cc2ccccc2)C(=O)N1C. The van der Waals surface area contributed by atoms with E-state index in [1.807, 2.05) is 6.92 Å². The topological polar surface area (TPSA) is 461 Å². The van der Waals surface area contributed by atoms with E-state index in [1.54, 1.807) is 135 Å². The number of primary amides is 1. The normalized spacial score (nSPS) is 22.1. The fourth-order valence-electron chi connectivity index (χ4n) is 15.5. The highest BCUT2D eigenvalue weighted by Gasteiger charge is 2.42. The second-order valence-corrected chi connectivity index (χ2v) is 34.1. The Hall–Kier alpha value is -12.9. The summed E-state index contributed by atoms with van der Waals surface area (Å²) in [5.74, 6) is -17.7. The molecule has 1 saturated heterocycles. The van der Waals surface area contributed by atoms with Crippen molar-refractivity contribution in [3.63, 3.8) is 0 Å². The van der Waals surface area contributed by atoms with Crippen LogP contribution >= 0.6 is 11.8 Å². The van der Waals surface area contributed by atoms with Crippen molar-refractivity contribution in [2.45, 2.75) is 165 Å². The van der Waals surface area contributed by atoms with E-state index in [2.05, 4.69) is 31.6 Å². The maximum atomic E-state index is 15.5. The molecule has 2 heterocycles. The molecule has 0 aliphatic carbocycles. The molecule has 6 aromatic carbocycles. The number of carbonyl (C=O) groups excluding carboxylic acids is 16. The summed E-state index contributed by atoms with van der Waals surface area (Å²) in [5, 5.41) is 46.5. The first-order valence-electron chi connectivity index (χ1n) is 42.8. The maximum absolute atomic E-state index is 15.5. The molecule has 7 aromatic rings. The summed E-state index contributed by atoms with van der Waals surface area (Å²) in [5.41, 5.74) is 9.36. The van der Waals surface area contributed by atoms with Crippen molar-refractivity contribution >= 4 is 117 Å². The fourth-order valence-corrected chi connectivity index (χ4v) is 16.4. The number of hydrogen-bond donors (Lipinski definition) is 10. The minimum atomic E-state index is -1.61. The summed E-state index contributed by atoms with van der Waals surface area (Å²) in [6, 6.07) is 33.1. The van der Waals surface area contributed by atoms with Gasteiger partial charge in [-0.3, -0.25) is 76.7 Å². The summed E-state index contributed by atoms with van der Waals surface area (Å²) in [4.78, 5) is 243. The summed E-state index contributed by atoms with van der Waals surface area (Å²) in [6.07, 6.45) is -1.39. The molecule has 11 amide bonds. The average molecular weight is 1780 g/mol. The fraction of sp³-hybridized carbons (Fsp3) is 0.432. The van der Waals surface area contributed by atoms with Gasteiger partial charge in [-0.2, -0.15) is 0 Å². The zero-order valence-corrected chi connectivity index (χ0v) is 74.3. The van der Waals surface area contributed by atoms with Crippen molar-refractivity contribution in [1.29, 1.82) is 0 Å². The zero-order valence-electron chi connectivity index (χ0n) is 73.5. The van der Waals surface area contributed by atoms with Crippen molar-refractivity contribution in [3.8, 4) is 11.5 Å². The molecule has 8 rings (SSSR count). The Kier molecular flexibility index (Phi) is 39.1. The van der Waals surface area contributed by atoms with E-state index >= 15 is 38.4 Å². The number of aromatic amines is 1. The number of aliphatic hydroxyl groups is 1. The van der Waals surface area contributed by atoms with Crippen LogP contribution in [0.15, 0.2) is 170 Å². The molecule has 11 N–H and O–H groups in total. The van der Waals surface area contributed by atoms with Crippen molar-refractivity contribution in [2.75, 3.05) is 73.0 Å². The van der Waals surface area contributed by atoms with Crippen LogP contribution in [0.3, 0.4) is 0 Å². The molecule has 0 unspecified atom stereocenters. The van der Waals surface area contributed by atoms with Crippen LogP contribution in [0.5, 0.6) is 11.5 Å². The van der Waals surface area contributed by atoms with Crippen molar-refractivity contribution in [2.24, 2.45) is 29.4 Å². The van der Waals surface area contributed by atoms with E-state index in [0.29, 0.717) is 57.1 Å². The number of H-pyrrole nitrogens is 1. The van der Waals surface area contributed by atoms with Crippen LogP contribution in [0.25, 0.3) is 10.9 Å². The summed E-state index contributed by atoms with van der Waals surface area (Å²) < 4.78 is 5.07. The van der Waals surface area contributed by atoms with Crippen LogP contribution in [0.1, 0.15) is 112 Å². The number of benzene rings is 6. The number of hydrogen-bond acceptors (Lipinski definition) is 21. The molecule has 0 bridgehead atoms. The second kappa shape index (κ2) is 49.8. The Bertz CT molecular complexity index is 4980. The number of aromatic nitrogens is 1. The quantitative estimate of drug-likeness (QED) is 0.0341. The molecule has 32 nitrogen and oxygen atoms in total. The molecule has 684 valence electrons. The predicted octanol–water partition coefficient (Wildman–Crippen LogP) is 4.87. The van der Waals surface area contributed by atoms with Crippen molar-refractivity contribution in [3.05, 3.63) is 203 Å². The molecular weight excluding hydrogens is 1660 g/mol. The van der Waals surface area contributed by atoms with E-state index < -0.39 is 218 Å². The smallest absolute Gasteiger partial charge is 0.293 e. The van der Waals surface area contributed by atoms with Crippen LogP contribution < -0.4 is 32.3 Å². The third-order valence-electron chi connectivity index (χ3n) is 22.7. The number of ether oxygens (including phenoxy) is 1. The lowest BCUT2D eigenvalue weighted by molar-refractivity contribution is -0.151. The number of unbranched alkanes of at least 4 members (excludes halogenated alkanes) is 1. The lowest BCUT2D eigenvalue weighted by Gasteiger charge is -2.37. The van der Waals surface area contributed by atoms with Crippen LogP contribution in [-0.2, 0) is 120 Å². The van der Waals surface area contributed by atoms with Gasteiger partial charge < -0.3 is 81.9 Å². The number of likely N-dealkylation sites (N-methyl/N-ethyl adjacent to an activating group) is 5. The molecule has 33 heteroatoms. The third-order valence-corrected chi connectivity index (χ3v) is 23.7. The van der Waals surface area contributed by atoms with Gasteiger partial charge in [0.05, 0.1) is 49.4 Å². The number of aromatic hydroxyl groups is 2. The van der Waals surface area contributed by atoms with Gasteiger partial charge in [0.25, 0.3) is 6.47 Å². The van der Waals surface area contributed by atoms with Gasteiger partial charge in [-0.15, -0.1) is 11.8 Å². The van der Waals surface area contributed by atoms with E-state index in [1.165, 1.54) is 93.6 Å². The number of aliphatic hydroxyl groups excluding tert-OH is 1. The van der Waals surface area contributed by atoms with E-state index in [0.717, 1.165) is 26.5 Å². The molecule has 1 fully saturated rings. The number of fused-ring (bicyclic) bond motifs is 1. The average Bonchev–Trinajstić information content (AvgIpc) is 1.65. The summed E-state index contributed by atoms with van der Waals surface area (Å²) in [7, 11) is 6.63. The largest absolute Gasteiger partial charge is 0.508 e. The second-order valence-electron chi connectivity index (χ2n) is 33.1. The zero-order chi connectivity index (χ0) is 93.3. The number of Topliss-reactive ketones (excluding diaryl/α,β-unsaturated/α-hetero) is 4. The molecule has 0 radical (unpaired) electrons. The first-order valence-corrected chi connectivity index (χ1v) is 44.0. The van der Waals surface area contributed by atoms with Gasteiger partial charge >= 0.3 is 0 Å². The molecule has 1 aliphatic rings. The first kappa shape index (κ1) is 101. The Morgan fingerprint density at radius 2 is 1.02 bits per heavy atom. The third kappa shape index (κ3) is 30.4. The lowest BCUT2D eigenvalue weighted by atomic mass is 9.89. The molecule has 11 atom stereocenters. The maximum Gasteiger partial charge on any atom is 0.293 e. The van der Waals surface area contributed by atoms with Gasteiger partial charge in [-0.1, -0.05) is 167 Å². The molecule has 0 spiro atoms. The highest BCUT2D eigenvalue weighted by atomic mass is 32.2. The van der Waals surface area contributed by atoms with Gasteiger partial charge in [0.15, 0.2) is 17.3 Å². The van der Waals surface area contributed by atoms with E-state index in [-0.39, 0.29) is 81.0 Å².